The summed E-state index contributed by atoms with van der Waals surface area (Å²) < 4.78 is 0.855. The molecule has 0 fully saturated rings. The summed E-state index contributed by atoms with van der Waals surface area (Å²) in [6.07, 6.45) is 0.944. The summed E-state index contributed by atoms with van der Waals surface area (Å²) in [4.78, 5) is 11.9. The Balaban J connectivity index is 1.91. The molecule has 0 unspecified atom stereocenters. The van der Waals surface area contributed by atoms with Crippen LogP contribution in [0.3, 0.4) is 0 Å². The summed E-state index contributed by atoms with van der Waals surface area (Å²) in [6.45, 7) is 1.31. The number of nitrogens with zero attached hydrogens (tertiary/aromatic N) is 1. The summed E-state index contributed by atoms with van der Waals surface area (Å²) in [6, 6.07) is 9.12. The van der Waals surface area contributed by atoms with Crippen LogP contribution < -0.4 is 5.32 Å². The molecule has 1 aromatic carbocycles. The Hall–Kier alpha value is -1.24. The van der Waals surface area contributed by atoms with E-state index in [9.17, 15) is 10.1 Å². The van der Waals surface area contributed by atoms with Gasteiger partial charge in [-0.05, 0) is 30.0 Å². The first kappa shape index (κ1) is 14.2. The topological polar surface area (TPSA) is 55.2 Å². The lowest BCUT2D eigenvalue weighted by Crippen LogP contribution is -2.17. The molecule has 0 atom stereocenters. The number of halogens is 1. The molecular formula is C13H13BrN2O2S. The van der Waals surface area contributed by atoms with Crippen molar-refractivity contribution in [3.8, 4) is 0 Å². The van der Waals surface area contributed by atoms with E-state index in [0.717, 1.165) is 17.4 Å². The molecule has 1 heterocycles. The molecule has 1 N–H and O–H groups in total. The largest absolute Gasteiger partial charge is 0.312 e. The Morgan fingerprint density at radius 1 is 1.37 bits per heavy atom. The van der Waals surface area contributed by atoms with Crippen LogP contribution in [-0.2, 0) is 13.0 Å². The normalized spacial score (nSPS) is 10.6. The van der Waals surface area contributed by atoms with Crippen LogP contribution in [0.5, 0.6) is 0 Å². The van der Waals surface area contributed by atoms with E-state index in [1.165, 1.54) is 10.9 Å². The zero-order chi connectivity index (χ0) is 13.7. The first-order chi connectivity index (χ1) is 9.16. The number of nitro groups is 1. The van der Waals surface area contributed by atoms with Crippen LogP contribution in [0.2, 0.25) is 0 Å². The highest BCUT2D eigenvalue weighted by molar-refractivity contribution is 9.10. The molecule has 4 nitrogen and oxygen atoms in total. The van der Waals surface area contributed by atoms with Gasteiger partial charge in [0.1, 0.15) is 0 Å². The van der Waals surface area contributed by atoms with Crippen LogP contribution in [-0.4, -0.2) is 11.5 Å². The number of thiophene rings is 1. The van der Waals surface area contributed by atoms with Gasteiger partial charge in [0.15, 0.2) is 0 Å². The second kappa shape index (κ2) is 6.79. The molecule has 1 aromatic heterocycles. The quantitative estimate of drug-likeness (QED) is 0.495. The van der Waals surface area contributed by atoms with E-state index in [0.29, 0.717) is 12.1 Å². The minimum atomic E-state index is -0.345. The third-order valence-electron chi connectivity index (χ3n) is 2.68. The van der Waals surface area contributed by atoms with Gasteiger partial charge in [0.25, 0.3) is 5.69 Å². The molecule has 0 aliphatic heterocycles. The standard InChI is InChI=1S/C13H13BrN2O2S/c14-11-3-4-13(16(17)18)10(8-11)9-15-6-5-12-2-1-7-19-12/h1-4,7-8,15H,5-6,9H2. The molecular weight excluding hydrogens is 328 g/mol. The number of rotatable bonds is 6. The monoisotopic (exact) mass is 340 g/mol. The number of nitrogens with one attached hydrogen (secondary N) is 1. The molecule has 0 aliphatic carbocycles. The Bertz CT molecular complexity index is 558. The van der Waals surface area contributed by atoms with Gasteiger partial charge in [-0.25, -0.2) is 0 Å². The van der Waals surface area contributed by atoms with E-state index in [1.807, 2.05) is 6.07 Å². The molecule has 2 rings (SSSR count). The van der Waals surface area contributed by atoms with Crippen LogP contribution in [0.15, 0.2) is 40.2 Å². The molecule has 100 valence electrons. The lowest BCUT2D eigenvalue weighted by Gasteiger charge is -2.05. The first-order valence-corrected chi connectivity index (χ1v) is 7.50. The summed E-state index contributed by atoms with van der Waals surface area (Å²) in [5.41, 5.74) is 0.859. The summed E-state index contributed by atoms with van der Waals surface area (Å²) in [7, 11) is 0. The van der Waals surface area contributed by atoms with Gasteiger partial charge < -0.3 is 5.32 Å². The van der Waals surface area contributed by atoms with Gasteiger partial charge in [-0.2, -0.15) is 0 Å². The van der Waals surface area contributed by atoms with Crippen molar-refractivity contribution < 1.29 is 4.92 Å². The van der Waals surface area contributed by atoms with E-state index in [2.05, 4.69) is 32.7 Å². The summed E-state index contributed by atoms with van der Waals surface area (Å²) in [5.74, 6) is 0. The number of hydrogen-bond donors (Lipinski definition) is 1. The maximum Gasteiger partial charge on any atom is 0.273 e. The van der Waals surface area contributed by atoms with Gasteiger partial charge in [-0.1, -0.05) is 22.0 Å². The van der Waals surface area contributed by atoms with Crippen molar-refractivity contribution in [3.63, 3.8) is 0 Å². The van der Waals surface area contributed by atoms with Crippen molar-refractivity contribution in [3.05, 3.63) is 60.7 Å². The fraction of sp³-hybridized carbons (Fsp3) is 0.231. The Labute approximate surface area is 123 Å². The highest BCUT2D eigenvalue weighted by Gasteiger charge is 2.12. The number of benzene rings is 1. The van der Waals surface area contributed by atoms with Crippen LogP contribution in [0.4, 0.5) is 5.69 Å². The average molecular weight is 341 g/mol. The van der Waals surface area contributed by atoms with Gasteiger partial charge in [-0.15, -0.1) is 11.3 Å². The van der Waals surface area contributed by atoms with E-state index < -0.39 is 0 Å². The van der Waals surface area contributed by atoms with Crippen molar-refractivity contribution in [2.45, 2.75) is 13.0 Å². The molecule has 0 radical (unpaired) electrons. The van der Waals surface area contributed by atoms with Gasteiger partial charge >= 0.3 is 0 Å². The van der Waals surface area contributed by atoms with Crippen molar-refractivity contribution in [2.75, 3.05) is 6.54 Å². The van der Waals surface area contributed by atoms with Crippen molar-refractivity contribution in [1.82, 2.24) is 5.32 Å². The Kier molecular flexibility index (Phi) is 5.07. The van der Waals surface area contributed by atoms with Gasteiger partial charge in [-0.3, -0.25) is 10.1 Å². The lowest BCUT2D eigenvalue weighted by molar-refractivity contribution is -0.385. The molecule has 0 saturated carbocycles. The van der Waals surface area contributed by atoms with Crippen LogP contribution in [0, 0.1) is 10.1 Å². The minimum absolute atomic E-state index is 0.159. The number of nitro benzene ring substituents is 1. The van der Waals surface area contributed by atoms with Gasteiger partial charge in [0, 0.05) is 34.1 Å². The maximum atomic E-state index is 10.9. The van der Waals surface area contributed by atoms with Crippen molar-refractivity contribution in [1.29, 1.82) is 0 Å². The third-order valence-corrected chi connectivity index (χ3v) is 4.11. The fourth-order valence-corrected chi connectivity index (χ4v) is 2.88. The zero-order valence-electron chi connectivity index (χ0n) is 10.1. The Morgan fingerprint density at radius 3 is 2.89 bits per heavy atom. The van der Waals surface area contributed by atoms with Gasteiger partial charge in [0.2, 0.25) is 0 Å². The van der Waals surface area contributed by atoms with Crippen molar-refractivity contribution in [2.24, 2.45) is 0 Å². The average Bonchev–Trinajstić information content (AvgIpc) is 2.87. The minimum Gasteiger partial charge on any atom is -0.312 e. The second-order valence-electron chi connectivity index (χ2n) is 4.04. The highest BCUT2D eigenvalue weighted by atomic mass is 79.9. The van der Waals surface area contributed by atoms with Crippen LogP contribution in [0.1, 0.15) is 10.4 Å². The molecule has 0 bridgehead atoms. The number of hydrogen-bond acceptors (Lipinski definition) is 4. The molecule has 0 aliphatic rings. The molecule has 6 heteroatoms. The maximum absolute atomic E-state index is 10.9. The highest BCUT2D eigenvalue weighted by Crippen LogP contribution is 2.22. The fourth-order valence-electron chi connectivity index (χ4n) is 1.76. The Morgan fingerprint density at radius 2 is 2.21 bits per heavy atom. The van der Waals surface area contributed by atoms with Gasteiger partial charge in [0.05, 0.1) is 4.92 Å². The second-order valence-corrected chi connectivity index (χ2v) is 5.98. The summed E-state index contributed by atoms with van der Waals surface area (Å²) >= 11 is 5.06. The van der Waals surface area contributed by atoms with Crippen molar-refractivity contribution >= 4 is 33.0 Å². The SMILES string of the molecule is O=[N+]([O-])c1ccc(Br)cc1CNCCc1cccs1. The predicted octanol–water partition coefficient (Wildman–Crippen LogP) is 3.75. The third kappa shape index (κ3) is 4.12. The zero-order valence-corrected chi connectivity index (χ0v) is 12.5. The van der Waals surface area contributed by atoms with E-state index in [1.54, 1.807) is 23.5 Å². The predicted molar refractivity (Wildman–Crippen MR) is 80.5 cm³/mol. The van der Waals surface area contributed by atoms with E-state index in [4.69, 9.17) is 0 Å². The van der Waals surface area contributed by atoms with E-state index in [-0.39, 0.29) is 10.6 Å². The molecule has 0 spiro atoms. The van der Waals surface area contributed by atoms with E-state index >= 15 is 0 Å². The molecule has 2 aromatic rings. The molecule has 19 heavy (non-hydrogen) atoms. The molecule has 0 amide bonds. The first-order valence-electron chi connectivity index (χ1n) is 5.83. The summed E-state index contributed by atoms with van der Waals surface area (Å²) in [5, 5.41) is 16.2. The smallest absolute Gasteiger partial charge is 0.273 e. The van der Waals surface area contributed by atoms with Crippen LogP contribution in [0.25, 0.3) is 0 Å². The van der Waals surface area contributed by atoms with Crippen LogP contribution >= 0.6 is 27.3 Å². The molecule has 0 saturated heterocycles. The lowest BCUT2D eigenvalue weighted by atomic mass is 10.2.